The van der Waals surface area contributed by atoms with Gasteiger partial charge in [0.05, 0.1) is 5.56 Å². The van der Waals surface area contributed by atoms with Crippen molar-refractivity contribution in [3.8, 4) is 0 Å². The molecule has 0 bridgehead atoms. The maximum atomic E-state index is 13.1. The van der Waals surface area contributed by atoms with Crippen LogP contribution < -0.4 is 15.5 Å². The summed E-state index contributed by atoms with van der Waals surface area (Å²) in [6.07, 6.45) is 5.35. The highest BCUT2D eigenvalue weighted by molar-refractivity contribution is 6.02. The molecule has 0 aromatic heterocycles. The Bertz CT molecular complexity index is 909. The van der Waals surface area contributed by atoms with E-state index in [-0.39, 0.29) is 17.9 Å². The second-order valence-corrected chi connectivity index (χ2v) is 8.46. The highest BCUT2D eigenvalue weighted by Gasteiger charge is 2.22. The maximum Gasteiger partial charge on any atom is 0.253 e. The molecule has 0 aliphatic carbocycles. The number of anilines is 2. The third kappa shape index (κ3) is 6.09. The smallest absolute Gasteiger partial charge is 0.253 e. The fraction of sp³-hybridized carbons (Fsp3) is 0.462. The van der Waals surface area contributed by atoms with E-state index in [0.717, 1.165) is 50.9 Å². The SMILES string of the molecule is CCCCCC(=O)Nc1ccc(N2CCc3ccccc3C2)c(C(=O)NC(C)CC)c1. The maximum absolute atomic E-state index is 13.1. The Morgan fingerprint density at radius 3 is 2.58 bits per heavy atom. The molecule has 0 saturated carbocycles. The molecule has 1 atom stereocenters. The van der Waals surface area contributed by atoms with Crippen molar-refractivity contribution < 1.29 is 9.59 Å². The molecule has 0 radical (unpaired) electrons. The molecule has 2 N–H and O–H groups in total. The Kier molecular flexibility index (Phi) is 8.10. The molecule has 5 nitrogen and oxygen atoms in total. The van der Waals surface area contributed by atoms with E-state index in [9.17, 15) is 9.59 Å². The van der Waals surface area contributed by atoms with Crippen LogP contribution in [0.3, 0.4) is 0 Å². The molecule has 0 spiro atoms. The molecular formula is C26H35N3O2. The predicted molar refractivity (Wildman–Crippen MR) is 128 cm³/mol. The molecule has 1 unspecified atom stereocenters. The molecule has 1 aliphatic rings. The van der Waals surface area contributed by atoms with Gasteiger partial charge in [0.15, 0.2) is 0 Å². The zero-order valence-corrected chi connectivity index (χ0v) is 19.0. The van der Waals surface area contributed by atoms with Crippen molar-refractivity contribution in [2.24, 2.45) is 0 Å². The average Bonchev–Trinajstić information content (AvgIpc) is 2.78. The van der Waals surface area contributed by atoms with Gasteiger partial charge in [-0.1, -0.05) is 51.0 Å². The van der Waals surface area contributed by atoms with E-state index in [2.05, 4.69) is 53.6 Å². The van der Waals surface area contributed by atoms with E-state index in [1.807, 2.05) is 25.1 Å². The Labute approximate surface area is 186 Å². The summed E-state index contributed by atoms with van der Waals surface area (Å²) in [6, 6.07) is 14.3. The zero-order valence-electron chi connectivity index (χ0n) is 19.0. The van der Waals surface area contributed by atoms with Gasteiger partial charge in [-0.25, -0.2) is 0 Å². The van der Waals surface area contributed by atoms with Crippen LogP contribution in [-0.4, -0.2) is 24.4 Å². The summed E-state index contributed by atoms with van der Waals surface area (Å²) in [7, 11) is 0. The Morgan fingerprint density at radius 2 is 1.84 bits per heavy atom. The second kappa shape index (κ2) is 11.0. The first-order valence-corrected chi connectivity index (χ1v) is 11.6. The van der Waals surface area contributed by atoms with Crippen molar-refractivity contribution in [3.05, 3.63) is 59.2 Å². The van der Waals surface area contributed by atoms with Crippen molar-refractivity contribution in [3.63, 3.8) is 0 Å². The monoisotopic (exact) mass is 421 g/mol. The van der Waals surface area contributed by atoms with E-state index in [1.165, 1.54) is 11.1 Å². The molecule has 2 aromatic carbocycles. The number of hydrogen-bond acceptors (Lipinski definition) is 3. The van der Waals surface area contributed by atoms with Gasteiger partial charge in [-0.3, -0.25) is 9.59 Å². The first-order chi connectivity index (χ1) is 15.0. The van der Waals surface area contributed by atoms with Crippen LogP contribution >= 0.6 is 0 Å². The number of carbonyl (C=O) groups is 2. The van der Waals surface area contributed by atoms with Gasteiger partial charge < -0.3 is 15.5 Å². The number of amides is 2. The molecule has 2 aromatic rings. The van der Waals surface area contributed by atoms with Crippen LogP contribution in [-0.2, 0) is 17.8 Å². The number of benzene rings is 2. The van der Waals surface area contributed by atoms with Crippen molar-refractivity contribution >= 4 is 23.2 Å². The summed E-state index contributed by atoms with van der Waals surface area (Å²) in [5.74, 6) is -0.0910. The summed E-state index contributed by atoms with van der Waals surface area (Å²) < 4.78 is 0. The van der Waals surface area contributed by atoms with Gasteiger partial charge >= 0.3 is 0 Å². The Morgan fingerprint density at radius 1 is 1.06 bits per heavy atom. The highest BCUT2D eigenvalue weighted by Crippen LogP contribution is 2.30. The summed E-state index contributed by atoms with van der Waals surface area (Å²) in [5.41, 5.74) is 4.89. The van der Waals surface area contributed by atoms with Gasteiger partial charge in [0, 0.05) is 36.9 Å². The number of hydrogen-bond donors (Lipinski definition) is 2. The standard InChI is InChI=1S/C26H35N3O2/c1-4-6-7-12-25(30)28-22-13-14-24(23(17-22)26(31)27-19(3)5-2)29-16-15-20-10-8-9-11-21(20)18-29/h8-11,13-14,17,19H,4-7,12,15-16,18H2,1-3H3,(H,27,31)(H,28,30). The number of unbranched alkanes of at least 4 members (excludes halogenated alkanes) is 2. The van der Waals surface area contributed by atoms with E-state index in [4.69, 9.17) is 0 Å². The minimum atomic E-state index is -0.0923. The van der Waals surface area contributed by atoms with Gasteiger partial charge in [0.2, 0.25) is 5.91 Å². The molecule has 166 valence electrons. The van der Waals surface area contributed by atoms with Crippen LogP contribution in [0, 0.1) is 0 Å². The van der Waals surface area contributed by atoms with E-state index in [1.54, 1.807) is 0 Å². The molecule has 5 heteroatoms. The minimum Gasteiger partial charge on any atom is -0.366 e. The quantitative estimate of drug-likeness (QED) is 0.540. The topological polar surface area (TPSA) is 61.4 Å². The summed E-state index contributed by atoms with van der Waals surface area (Å²) in [5, 5.41) is 6.06. The third-order valence-electron chi connectivity index (χ3n) is 5.99. The number of nitrogens with one attached hydrogen (secondary N) is 2. The van der Waals surface area contributed by atoms with Gasteiger partial charge in [0.1, 0.15) is 0 Å². The Hall–Kier alpha value is -2.82. The van der Waals surface area contributed by atoms with Crippen LogP contribution in [0.4, 0.5) is 11.4 Å². The van der Waals surface area contributed by atoms with Crippen molar-refractivity contribution in [1.82, 2.24) is 5.32 Å². The van der Waals surface area contributed by atoms with Gasteiger partial charge in [0.25, 0.3) is 5.91 Å². The lowest BCUT2D eigenvalue weighted by Gasteiger charge is -2.32. The largest absolute Gasteiger partial charge is 0.366 e. The summed E-state index contributed by atoms with van der Waals surface area (Å²) >= 11 is 0. The number of carbonyl (C=O) groups excluding carboxylic acids is 2. The number of fused-ring (bicyclic) bond motifs is 1. The van der Waals surface area contributed by atoms with Crippen LogP contribution in [0.2, 0.25) is 0 Å². The normalized spacial score (nSPS) is 14.0. The van der Waals surface area contributed by atoms with E-state index in [0.29, 0.717) is 17.7 Å². The molecule has 0 saturated heterocycles. The van der Waals surface area contributed by atoms with Crippen molar-refractivity contribution in [2.45, 2.75) is 71.9 Å². The zero-order chi connectivity index (χ0) is 22.2. The first-order valence-electron chi connectivity index (χ1n) is 11.6. The summed E-state index contributed by atoms with van der Waals surface area (Å²) in [6.45, 7) is 7.83. The first kappa shape index (κ1) is 22.9. The molecular weight excluding hydrogens is 386 g/mol. The fourth-order valence-electron chi connectivity index (χ4n) is 3.94. The van der Waals surface area contributed by atoms with Gasteiger partial charge in [-0.15, -0.1) is 0 Å². The van der Waals surface area contributed by atoms with Crippen LogP contribution in [0.1, 0.15) is 74.4 Å². The lowest BCUT2D eigenvalue weighted by Crippen LogP contribution is -2.35. The predicted octanol–water partition coefficient (Wildman–Crippen LogP) is 5.30. The minimum absolute atomic E-state index is 0.00128. The molecule has 0 fully saturated rings. The van der Waals surface area contributed by atoms with Gasteiger partial charge in [-0.05, 0) is 55.5 Å². The third-order valence-corrected chi connectivity index (χ3v) is 5.99. The lowest BCUT2D eigenvalue weighted by molar-refractivity contribution is -0.116. The average molecular weight is 422 g/mol. The van der Waals surface area contributed by atoms with E-state index >= 15 is 0 Å². The van der Waals surface area contributed by atoms with Gasteiger partial charge in [-0.2, -0.15) is 0 Å². The fourth-order valence-corrected chi connectivity index (χ4v) is 3.94. The Balaban J connectivity index is 1.84. The highest BCUT2D eigenvalue weighted by atomic mass is 16.2. The second-order valence-electron chi connectivity index (χ2n) is 8.46. The van der Waals surface area contributed by atoms with Crippen LogP contribution in [0.25, 0.3) is 0 Å². The molecule has 31 heavy (non-hydrogen) atoms. The molecule has 1 aliphatic heterocycles. The number of nitrogens with zero attached hydrogens (tertiary/aromatic N) is 1. The van der Waals surface area contributed by atoms with Crippen molar-refractivity contribution in [2.75, 3.05) is 16.8 Å². The van der Waals surface area contributed by atoms with Crippen LogP contribution in [0.5, 0.6) is 0 Å². The molecule has 1 heterocycles. The van der Waals surface area contributed by atoms with E-state index < -0.39 is 0 Å². The molecule has 3 rings (SSSR count). The summed E-state index contributed by atoms with van der Waals surface area (Å²) in [4.78, 5) is 27.7. The number of rotatable bonds is 9. The molecule has 2 amide bonds. The van der Waals surface area contributed by atoms with Crippen LogP contribution in [0.15, 0.2) is 42.5 Å². The lowest BCUT2D eigenvalue weighted by atomic mass is 9.98. The van der Waals surface area contributed by atoms with Crippen molar-refractivity contribution in [1.29, 1.82) is 0 Å².